The largest absolute Gasteiger partial charge is 0.453 e. The number of sulfone groups is 1. The van der Waals surface area contributed by atoms with E-state index in [9.17, 15) is 40.4 Å². The van der Waals surface area contributed by atoms with Gasteiger partial charge < -0.3 is 5.32 Å². The molecule has 2 N–H and O–H groups in total. The number of nitrogens with one attached hydrogen (secondary N) is 1. The van der Waals surface area contributed by atoms with E-state index < -0.39 is 45.4 Å². The summed E-state index contributed by atoms with van der Waals surface area (Å²) in [7, 11) is -4.19. The second-order valence-electron chi connectivity index (χ2n) is 9.41. The second-order valence-corrected chi connectivity index (χ2v) is 11.7. The zero-order valence-electron chi connectivity index (χ0n) is 19.6. The van der Waals surface area contributed by atoms with E-state index in [-0.39, 0.29) is 29.3 Å². The van der Waals surface area contributed by atoms with E-state index in [2.05, 4.69) is 10.3 Å². The van der Waals surface area contributed by atoms with Crippen LogP contribution < -0.4 is 5.32 Å². The molecule has 1 amide bonds. The number of halogens is 5. The summed E-state index contributed by atoms with van der Waals surface area (Å²) in [4.78, 5) is 17.2. The minimum absolute atomic E-state index is 0.0100. The molecule has 2 heterocycles. The molecule has 0 atom stereocenters. The number of hydroxylamine groups is 2. The number of amides is 1. The Balaban J connectivity index is 1.52. The predicted octanol–water partition coefficient (Wildman–Crippen LogP) is 4.15. The Kier molecular flexibility index (Phi) is 7.34. The fourth-order valence-electron chi connectivity index (χ4n) is 4.34. The maximum absolute atomic E-state index is 13.7. The van der Waals surface area contributed by atoms with Gasteiger partial charge in [-0.05, 0) is 69.0 Å². The lowest BCUT2D eigenvalue weighted by molar-refractivity contribution is -0.284. The van der Waals surface area contributed by atoms with Gasteiger partial charge in [-0.2, -0.15) is 22.0 Å². The van der Waals surface area contributed by atoms with E-state index in [1.54, 1.807) is 0 Å². The fourth-order valence-corrected chi connectivity index (χ4v) is 6.35. The van der Waals surface area contributed by atoms with Crippen molar-refractivity contribution in [3.8, 4) is 11.3 Å². The molecule has 37 heavy (non-hydrogen) atoms. The first-order valence-electron chi connectivity index (χ1n) is 11.8. The lowest BCUT2D eigenvalue weighted by Gasteiger charge is -2.37. The van der Waals surface area contributed by atoms with E-state index in [4.69, 9.17) is 0 Å². The predicted molar refractivity (Wildman–Crippen MR) is 123 cm³/mol. The number of carbonyl (C=O) groups is 1. The fraction of sp³-hybridized carbons (Fsp3) is 0.500. The molecule has 1 saturated heterocycles. The van der Waals surface area contributed by atoms with Gasteiger partial charge in [0, 0.05) is 18.2 Å². The molecule has 0 unspecified atom stereocenters. The number of alkyl halides is 5. The summed E-state index contributed by atoms with van der Waals surface area (Å²) in [6.45, 7) is 0.597. The van der Waals surface area contributed by atoms with Gasteiger partial charge in [-0.15, -0.1) is 0 Å². The number of aromatic nitrogens is 1. The van der Waals surface area contributed by atoms with Crippen LogP contribution in [0.5, 0.6) is 0 Å². The average molecular weight is 548 g/mol. The molecule has 0 radical (unpaired) electrons. The van der Waals surface area contributed by atoms with E-state index in [1.807, 2.05) is 0 Å². The molecule has 202 valence electrons. The van der Waals surface area contributed by atoms with Crippen LogP contribution in [0, 0.1) is 0 Å². The Labute approximate surface area is 210 Å². The van der Waals surface area contributed by atoms with Crippen LogP contribution >= 0.6 is 0 Å². The van der Waals surface area contributed by atoms with Crippen LogP contribution in [0.3, 0.4) is 0 Å². The van der Waals surface area contributed by atoms with E-state index in [1.165, 1.54) is 42.6 Å². The van der Waals surface area contributed by atoms with Crippen molar-refractivity contribution in [2.24, 2.45) is 0 Å². The highest BCUT2D eigenvalue weighted by atomic mass is 32.2. The van der Waals surface area contributed by atoms with Crippen molar-refractivity contribution in [2.45, 2.75) is 66.3 Å². The molecular formula is C24H26F5N3O4S. The standard InChI is InChI=1S/C24H26F5N3O4S/c25-23(26,24(27,28)29)10-9-16-1-8-20(31-15-16)17-2-6-19(7-3-17)37(35,36)22(11-13-30-14-12-22)21(33)32(34)18-4-5-18/h1-3,6-8,15,18,30,34H,4-5,9-14H2. The van der Waals surface area contributed by atoms with Crippen LogP contribution in [0.15, 0.2) is 47.5 Å². The number of rotatable bonds is 8. The maximum atomic E-state index is 13.7. The minimum atomic E-state index is -5.62. The molecule has 0 spiro atoms. The molecule has 7 nitrogen and oxygen atoms in total. The van der Waals surface area contributed by atoms with Crippen molar-refractivity contribution in [1.82, 2.24) is 15.4 Å². The van der Waals surface area contributed by atoms with Crippen LogP contribution in [0.1, 0.15) is 37.7 Å². The summed E-state index contributed by atoms with van der Waals surface area (Å²) in [5.74, 6) is -5.62. The Bertz CT molecular complexity index is 1220. The Hall–Kier alpha value is -2.64. The van der Waals surface area contributed by atoms with E-state index >= 15 is 0 Å². The van der Waals surface area contributed by atoms with Gasteiger partial charge in [-0.1, -0.05) is 18.2 Å². The first kappa shape index (κ1) is 27.4. The maximum Gasteiger partial charge on any atom is 0.453 e. The molecule has 2 aliphatic rings. The number of piperidine rings is 1. The van der Waals surface area contributed by atoms with Gasteiger partial charge in [-0.3, -0.25) is 15.0 Å². The molecule has 2 fully saturated rings. The quantitative estimate of drug-likeness (QED) is 0.293. The normalized spacial score (nSPS) is 18.4. The second kappa shape index (κ2) is 9.91. The number of carbonyl (C=O) groups excluding carboxylic acids is 1. The van der Waals surface area contributed by atoms with Crippen molar-refractivity contribution in [1.29, 1.82) is 0 Å². The highest BCUT2D eigenvalue weighted by Crippen LogP contribution is 2.40. The van der Waals surface area contributed by atoms with Crippen molar-refractivity contribution < 1.29 is 40.4 Å². The summed E-state index contributed by atoms with van der Waals surface area (Å²) in [5.41, 5.74) is 1.04. The van der Waals surface area contributed by atoms with Crippen LogP contribution in [0.2, 0.25) is 0 Å². The van der Waals surface area contributed by atoms with Crippen LogP contribution in [-0.2, 0) is 21.1 Å². The Morgan fingerprint density at radius 3 is 2.19 bits per heavy atom. The molecule has 1 aliphatic heterocycles. The van der Waals surface area contributed by atoms with Crippen molar-refractivity contribution in [3.05, 3.63) is 48.2 Å². The van der Waals surface area contributed by atoms with Gasteiger partial charge in [0.1, 0.15) is 0 Å². The summed E-state index contributed by atoms with van der Waals surface area (Å²) < 4.78 is 88.9. The number of pyridine rings is 1. The minimum Gasteiger partial charge on any atom is -0.317 e. The summed E-state index contributed by atoms with van der Waals surface area (Å²) in [5, 5.41) is 13.9. The lowest BCUT2D eigenvalue weighted by atomic mass is 9.95. The van der Waals surface area contributed by atoms with Gasteiger partial charge in [0.15, 0.2) is 14.6 Å². The van der Waals surface area contributed by atoms with Gasteiger partial charge >= 0.3 is 12.1 Å². The Morgan fingerprint density at radius 1 is 1.05 bits per heavy atom. The third-order valence-electron chi connectivity index (χ3n) is 6.84. The van der Waals surface area contributed by atoms with Crippen LogP contribution in [0.25, 0.3) is 11.3 Å². The van der Waals surface area contributed by atoms with E-state index in [0.29, 0.717) is 42.3 Å². The van der Waals surface area contributed by atoms with E-state index in [0.717, 1.165) is 0 Å². The Morgan fingerprint density at radius 2 is 1.68 bits per heavy atom. The topological polar surface area (TPSA) is 99.6 Å². The molecule has 2 aromatic rings. The molecule has 1 saturated carbocycles. The first-order chi connectivity index (χ1) is 17.3. The number of nitrogens with zero attached hydrogens (tertiary/aromatic N) is 2. The summed E-state index contributed by atoms with van der Waals surface area (Å²) >= 11 is 0. The SMILES string of the molecule is O=C(N(O)C1CC1)C1(S(=O)(=O)c2ccc(-c3ccc(CCC(F)(F)C(F)(F)F)cn3)cc2)CCNCC1. The van der Waals surface area contributed by atoms with Crippen molar-refractivity contribution in [3.63, 3.8) is 0 Å². The number of aryl methyl sites for hydroxylation is 1. The third-order valence-corrected chi connectivity index (χ3v) is 9.35. The monoisotopic (exact) mass is 547 g/mol. The number of benzene rings is 1. The molecule has 4 rings (SSSR count). The zero-order chi connectivity index (χ0) is 27.1. The molecule has 1 aromatic heterocycles. The number of hydrogen-bond donors (Lipinski definition) is 2. The zero-order valence-corrected chi connectivity index (χ0v) is 20.5. The summed E-state index contributed by atoms with van der Waals surface area (Å²) in [6, 6.07) is 8.08. The highest BCUT2D eigenvalue weighted by molar-refractivity contribution is 7.93. The molecule has 1 aliphatic carbocycles. The lowest BCUT2D eigenvalue weighted by Crippen LogP contribution is -2.58. The average Bonchev–Trinajstić information content (AvgIpc) is 3.72. The van der Waals surface area contributed by atoms with Crippen LogP contribution in [-0.4, -0.2) is 65.6 Å². The first-order valence-corrected chi connectivity index (χ1v) is 13.2. The van der Waals surface area contributed by atoms with Crippen molar-refractivity contribution in [2.75, 3.05) is 13.1 Å². The summed E-state index contributed by atoms with van der Waals surface area (Å²) in [6.07, 6.45) is -5.09. The molecule has 0 bridgehead atoms. The van der Waals surface area contributed by atoms with Gasteiger partial charge in [0.05, 0.1) is 16.6 Å². The van der Waals surface area contributed by atoms with Gasteiger partial charge in [0.25, 0.3) is 5.91 Å². The molecular weight excluding hydrogens is 521 g/mol. The smallest absolute Gasteiger partial charge is 0.317 e. The van der Waals surface area contributed by atoms with Gasteiger partial charge in [0.2, 0.25) is 0 Å². The van der Waals surface area contributed by atoms with Gasteiger partial charge in [-0.25, -0.2) is 13.5 Å². The highest BCUT2D eigenvalue weighted by Gasteiger charge is 2.57. The molecule has 1 aromatic carbocycles. The molecule has 13 heteroatoms. The van der Waals surface area contributed by atoms with Crippen molar-refractivity contribution >= 4 is 15.7 Å². The third kappa shape index (κ3) is 5.34. The van der Waals surface area contributed by atoms with Crippen LogP contribution in [0.4, 0.5) is 22.0 Å². The number of hydrogen-bond acceptors (Lipinski definition) is 6.